The van der Waals surface area contributed by atoms with Crippen LogP contribution in [0.3, 0.4) is 0 Å². The molecule has 8 rings (SSSR count). The van der Waals surface area contributed by atoms with Gasteiger partial charge >= 0.3 is 0 Å². The van der Waals surface area contributed by atoms with Gasteiger partial charge in [-0.3, -0.25) is 9.11 Å². The van der Waals surface area contributed by atoms with E-state index in [-0.39, 0.29) is 46.0 Å². The summed E-state index contributed by atoms with van der Waals surface area (Å²) in [6, 6.07) is 49.0. The van der Waals surface area contributed by atoms with Crippen LogP contribution in [0.2, 0.25) is 0 Å². The average molecular weight is 1090 g/mol. The van der Waals surface area contributed by atoms with Gasteiger partial charge in [-0.2, -0.15) is 36.8 Å². The van der Waals surface area contributed by atoms with Crippen LogP contribution in [0.1, 0.15) is 52.7 Å². The van der Waals surface area contributed by atoms with E-state index in [2.05, 4.69) is 103 Å². The summed E-state index contributed by atoms with van der Waals surface area (Å²) in [5.41, 5.74) is 3.57. The number of hydrogen-bond acceptors (Lipinski definition) is 16. The molecule has 0 atom stereocenters. The van der Waals surface area contributed by atoms with Crippen LogP contribution in [-0.2, 0) is 20.2 Å². The summed E-state index contributed by atoms with van der Waals surface area (Å²) >= 11 is 0. The topological polar surface area (TPSA) is 239 Å². The van der Waals surface area contributed by atoms with Crippen LogP contribution in [0.25, 0.3) is 12.2 Å². The number of benzene rings is 6. The van der Waals surface area contributed by atoms with Gasteiger partial charge in [0.1, 0.15) is 33.1 Å². The fourth-order valence-electron chi connectivity index (χ4n) is 7.67. The first-order chi connectivity index (χ1) is 37.6. The van der Waals surface area contributed by atoms with E-state index in [9.17, 15) is 25.9 Å². The molecule has 78 heavy (non-hydrogen) atoms. The second-order valence-electron chi connectivity index (χ2n) is 17.2. The summed E-state index contributed by atoms with van der Waals surface area (Å²) in [5.74, 6) is 1.92. The molecule has 0 saturated carbocycles. The highest BCUT2D eigenvalue weighted by Crippen LogP contribution is 2.31. The lowest BCUT2D eigenvalue weighted by molar-refractivity contribution is 0.321. The summed E-state index contributed by atoms with van der Waals surface area (Å²) in [4.78, 5) is 22.1. The maximum absolute atomic E-state index is 12.8. The van der Waals surface area contributed by atoms with E-state index < -0.39 is 30.0 Å². The quantitative estimate of drug-likeness (QED) is 0.0232. The fourth-order valence-corrected chi connectivity index (χ4v) is 9.09. The number of aromatic nitrogens is 4. The number of rotatable bonds is 22. The minimum atomic E-state index is -4.83. The Balaban J connectivity index is 0.000000621. The van der Waals surface area contributed by atoms with Gasteiger partial charge in [-0.1, -0.05) is 139 Å². The fraction of sp³-hybridized carbons (Fsp3) is 0.207. The molecule has 0 amide bonds. The van der Waals surface area contributed by atoms with Crippen molar-refractivity contribution in [2.75, 3.05) is 71.2 Å². The minimum absolute atomic E-state index is 0.0231. The molecular formula is C58H68N12O6S2. The zero-order chi connectivity index (χ0) is 55.9. The Labute approximate surface area is 458 Å². The van der Waals surface area contributed by atoms with Gasteiger partial charge in [0, 0.05) is 46.3 Å². The van der Waals surface area contributed by atoms with Crippen molar-refractivity contribution in [3.8, 4) is 0 Å². The molecule has 20 heteroatoms. The van der Waals surface area contributed by atoms with E-state index in [1.165, 1.54) is 75.7 Å². The maximum Gasteiger partial charge on any atom is 0.295 e. The van der Waals surface area contributed by atoms with Crippen LogP contribution in [0.15, 0.2) is 180 Å². The summed E-state index contributed by atoms with van der Waals surface area (Å²) < 4.78 is 71.7. The lowest BCUT2D eigenvalue weighted by Crippen LogP contribution is -2.21. The molecule has 0 radical (unpaired) electrons. The molecule has 18 nitrogen and oxygen atoms in total. The van der Waals surface area contributed by atoms with E-state index in [4.69, 9.17) is 0 Å². The van der Waals surface area contributed by atoms with Crippen molar-refractivity contribution in [1.82, 2.24) is 29.7 Å². The Bertz CT molecular complexity index is 3040. The summed E-state index contributed by atoms with van der Waals surface area (Å²) in [6.07, 6.45) is 2.62. The predicted octanol–water partition coefficient (Wildman–Crippen LogP) is 13.1. The Morgan fingerprint density at radius 2 is 0.615 bits per heavy atom. The summed E-state index contributed by atoms with van der Waals surface area (Å²) in [7, 11) is -9.65. The number of nitrogens with one attached hydrogen (secondary N) is 6. The number of hydrogen-bond donors (Lipinski definition) is 8. The third-order valence-electron chi connectivity index (χ3n) is 11.9. The summed E-state index contributed by atoms with van der Waals surface area (Å²) in [6.45, 7) is 20.2. The molecule has 8 aromatic rings. The molecule has 0 aliphatic carbocycles. The monoisotopic (exact) mass is 1090 g/mol. The molecule has 0 aliphatic rings. The Kier molecular flexibility index (Phi) is 22.2. The second-order valence-corrected chi connectivity index (χ2v) is 19.9. The zero-order valence-electron chi connectivity index (χ0n) is 44.6. The van der Waals surface area contributed by atoms with Crippen molar-refractivity contribution < 1.29 is 25.9 Å². The van der Waals surface area contributed by atoms with E-state index in [0.29, 0.717) is 11.6 Å². The molecule has 0 bridgehead atoms. The Morgan fingerprint density at radius 3 is 0.859 bits per heavy atom. The van der Waals surface area contributed by atoms with Crippen LogP contribution < -0.4 is 31.9 Å². The highest BCUT2D eigenvalue weighted by Gasteiger charge is 2.19. The third kappa shape index (κ3) is 18.8. The van der Waals surface area contributed by atoms with Crippen molar-refractivity contribution in [3.63, 3.8) is 0 Å². The lowest BCUT2D eigenvalue weighted by atomic mass is 10.1. The minimum Gasteiger partial charge on any atom is -0.340 e. The molecule has 2 aromatic heterocycles. The van der Waals surface area contributed by atoms with E-state index in [1.807, 2.05) is 121 Å². The van der Waals surface area contributed by atoms with E-state index >= 15 is 0 Å². The smallest absolute Gasteiger partial charge is 0.295 e. The molecule has 0 aliphatic heterocycles. The highest BCUT2D eigenvalue weighted by atomic mass is 32.2. The van der Waals surface area contributed by atoms with Crippen LogP contribution in [0, 0.1) is 0 Å². The molecule has 2 heterocycles. The van der Waals surface area contributed by atoms with Crippen LogP contribution in [0.4, 0.5) is 69.3 Å². The highest BCUT2D eigenvalue weighted by molar-refractivity contribution is 7.86. The third-order valence-corrected chi connectivity index (χ3v) is 13.7. The standard InChI is InChI=1S/C46H38N10O6S2.2C6H15N/c57-63(58,59)39-27-37(49-43-29-41(47-33-13-5-1-6-14-33)53-45(55-43)51-35-17-9-3-10-18-35)25-23-31(39)21-22-32-24-26-38(28-40(32)64(60,61)62)50-44-30-42(48-34-15-7-2-8-16-34)54-46(56-44)52-36-19-11-4-12-20-36;2*1-4-7(5-2)6-3/h1-30H,(H,57,58,59)(H,60,61,62)(H3,47,49,51,53,55)(H3,48,50,52,54,56);2*4-6H2,1-3H3. The normalized spacial score (nSPS) is 11.3. The number of anilines is 12. The molecule has 8 N–H and O–H groups in total. The van der Waals surface area contributed by atoms with E-state index in [0.717, 1.165) is 22.7 Å². The lowest BCUT2D eigenvalue weighted by Gasteiger charge is -2.14. The van der Waals surface area contributed by atoms with Crippen molar-refractivity contribution >= 4 is 102 Å². The molecule has 0 saturated heterocycles. The predicted molar refractivity (Wildman–Crippen MR) is 318 cm³/mol. The number of nitrogens with zero attached hydrogens (tertiary/aromatic N) is 6. The molecule has 6 aromatic carbocycles. The Hall–Kier alpha value is -8.24. The van der Waals surface area contributed by atoms with Crippen LogP contribution >= 0.6 is 0 Å². The first kappa shape index (κ1) is 59.0. The first-order valence-corrected chi connectivity index (χ1v) is 28.4. The van der Waals surface area contributed by atoms with Gasteiger partial charge in [0.25, 0.3) is 20.2 Å². The van der Waals surface area contributed by atoms with Gasteiger partial charge < -0.3 is 41.7 Å². The van der Waals surface area contributed by atoms with Crippen molar-refractivity contribution in [2.24, 2.45) is 0 Å². The Morgan fingerprint density at radius 1 is 0.359 bits per heavy atom. The zero-order valence-corrected chi connectivity index (χ0v) is 46.2. The SMILES string of the molecule is CCN(CC)CC.CCN(CC)CC.O=S(=O)(O)c1cc(Nc2cc(Nc3ccccc3)nc(Nc3ccccc3)n2)ccc1C=Cc1ccc(Nc2cc(Nc3ccccc3)nc(Nc3ccccc3)n2)cc1S(=O)(=O)O. The number of para-hydroxylation sites is 4. The van der Waals surface area contributed by atoms with Crippen molar-refractivity contribution in [2.45, 2.75) is 51.3 Å². The van der Waals surface area contributed by atoms with E-state index in [1.54, 1.807) is 24.3 Å². The molecule has 0 unspecified atom stereocenters. The molecule has 0 fully saturated rings. The maximum atomic E-state index is 12.8. The van der Waals surface area contributed by atoms with Gasteiger partial charge in [-0.05, 0) is 123 Å². The molecule has 0 spiro atoms. The molecule has 408 valence electrons. The molecular weight excluding hydrogens is 1020 g/mol. The summed E-state index contributed by atoms with van der Waals surface area (Å²) in [5, 5.41) is 19.0. The van der Waals surface area contributed by atoms with Crippen molar-refractivity contribution in [3.05, 3.63) is 181 Å². The van der Waals surface area contributed by atoms with Crippen molar-refractivity contribution in [1.29, 1.82) is 0 Å². The second kappa shape index (κ2) is 29.3. The van der Waals surface area contributed by atoms with Crippen LogP contribution in [-0.4, -0.2) is 94.9 Å². The average Bonchev–Trinajstić information content (AvgIpc) is 3.45. The first-order valence-electron chi connectivity index (χ1n) is 25.6. The van der Waals surface area contributed by atoms with Gasteiger partial charge in [0.15, 0.2) is 0 Å². The largest absolute Gasteiger partial charge is 0.340 e. The van der Waals surface area contributed by atoms with Gasteiger partial charge in [-0.25, -0.2) is 0 Å². The van der Waals surface area contributed by atoms with Gasteiger partial charge in [-0.15, -0.1) is 0 Å². The van der Waals surface area contributed by atoms with Gasteiger partial charge in [0.2, 0.25) is 11.9 Å². The van der Waals surface area contributed by atoms with Gasteiger partial charge in [0.05, 0.1) is 0 Å². The van der Waals surface area contributed by atoms with Crippen LogP contribution in [0.5, 0.6) is 0 Å².